The molecule has 1 N–H and O–H groups in total. The molecule has 1 heteroatoms. The Balaban J connectivity index is 1.78. The van der Waals surface area contributed by atoms with Crippen molar-refractivity contribution in [2.24, 2.45) is 17.3 Å². The first-order valence-corrected chi connectivity index (χ1v) is 6.79. The van der Waals surface area contributed by atoms with E-state index in [0.29, 0.717) is 6.61 Å². The highest BCUT2D eigenvalue weighted by Crippen LogP contribution is 2.60. The third-order valence-electron chi connectivity index (χ3n) is 4.95. The van der Waals surface area contributed by atoms with Gasteiger partial charge in [0, 0.05) is 6.61 Å². The minimum absolute atomic E-state index is 0.204. The maximum Gasteiger partial charge on any atom is 0.0490 e. The topological polar surface area (TPSA) is 20.2 Å². The second-order valence-electron chi connectivity index (χ2n) is 6.42. The largest absolute Gasteiger partial charge is 0.396 e. The summed E-state index contributed by atoms with van der Waals surface area (Å²) in [4.78, 5) is 0. The number of hydrogen-bond donors (Lipinski definition) is 1. The third-order valence-corrected chi connectivity index (χ3v) is 4.95. The van der Waals surface area contributed by atoms with Crippen LogP contribution in [0.2, 0.25) is 0 Å². The number of aliphatic hydroxyl groups excluding tert-OH is 1. The van der Waals surface area contributed by atoms with E-state index < -0.39 is 0 Å². The molecule has 1 aromatic rings. The highest BCUT2D eigenvalue weighted by molar-refractivity contribution is 5.31. The van der Waals surface area contributed by atoms with Gasteiger partial charge in [-0.15, -0.1) is 0 Å². The molecule has 0 amide bonds. The van der Waals surface area contributed by atoms with Gasteiger partial charge in [0.15, 0.2) is 0 Å². The summed E-state index contributed by atoms with van der Waals surface area (Å²) < 4.78 is 0. The maximum absolute atomic E-state index is 9.74. The van der Waals surface area contributed by atoms with Gasteiger partial charge < -0.3 is 5.11 Å². The van der Waals surface area contributed by atoms with Crippen molar-refractivity contribution < 1.29 is 5.11 Å². The Morgan fingerprint density at radius 3 is 2.47 bits per heavy atom. The van der Waals surface area contributed by atoms with Crippen molar-refractivity contribution in [2.75, 3.05) is 6.61 Å². The Labute approximate surface area is 104 Å². The molecule has 2 aliphatic rings. The molecule has 1 nitrogen and oxygen atoms in total. The van der Waals surface area contributed by atoms with E-state index in [1.807, 2.05) is 0 Å². The standard InChI is InChI=1S/C16H22O/c1-11-3-4-13(5-12(11)2)7-16(10-17)8-14-6-15(14)9-16/h3-5,14-15,17H,6-10H2,1-2H3. The van der Waals surface area contributed by atoms with E-state index in [1.165, 1.54) is 36.0 Å². The molecule has 0 radical (unpaired) electrons. The van der Waals surface area contributed by atoms with Crippen molar-refractivity contribution in [1.29, 1.82) is 0 Å². The summed E-state index contributed by atoms with van der Waals surface area (Å²) in [6.07, 6.45) is 4.99. The lowest BCUT2D eigenvalue weighted by molar-refractivity contribution is 0.117. The summed E-state index contributed by atoms with van der Waals surface area (Å²) in [6.45, 7) is 4.70. The normalized spacial score (nSPS) is 34.8. The Bertz CT molecular complexity index is 425. The molecule has 92 valence electrons. The molecule has 2 fully saturated rings. The van der Waals surface area contributed by atoms with E-state index in [4.69, 9.17) is 0 Å². The minimum atomic E-state index is 0.204. The average molecular weight is 230 g/mol. The smallest absolute Gasteiger partial charge is 0.0490 e. The first kappa shape index (κ1) is 11.3. The van der Waals surface area contributed by atoms with E-state index in [1.54, 1.807) is 0 Å². The molecule has 1 aromatic carbocycles. The number of fused-ring (bicyclic) bond motifs is 1. The summed E-state index contributed by atoms with van der Waals surface area (Å²) in [6, 6.07) is 6.76. The highest BCUT2D eigenvalue weighted by Gasteiger charge is 2.53. The van der Waals surface area contributed by atoms with Crippen molar-refractivity contribution in [3.63, 3.8) is 0 Å². The first-order valence-electron chi connectivity index (χ1n) is 6.79. The molecule has 3 rings (SSSR count). The number of aryl methyl sites for hydroxylation is 2. The van der Waals surface area contributed by atoms with Crippen LogP contribution in [-0.2, 0) is 6.42 Å². The predicted molar refractivity (Wildman–Crippen MR) is 70.0 cm³/mol. The van der Waals surface area contributed by atoms with Crippen LogP contribution in [0.15, 0.2) is 18.2 Å². The van der Waals surface area contributed by atoms with Gasteiger partial charge >= 0.3 is 0 Å². The van der Waals surface area contributed by atoms with E-state index in [0.717, 1.165) is 18.3 Å². The van der Waals surface area contributed by atoms with Crippen LogP contribution in [0.4, 0.5) is 0 Å². The molecule has 0 bridgehead atoms. The van der Waals surface area contributed by atoms with Crippen molar-refractivity contribution in [3.8, 4) is 0 Å². The second kappa shape index (κ2) is 3.84. The second-order valence-corrected chi connectivity index (χ2v) is 6.42. The lowest BCUT2D eigenvalue weighted by Gasteiger charge is -2.29. The number of benzene rings is 1. The molecule has 0 aliphatic heterocycles. The van der Waals surface area contributed by atoms with E-state index in [9.17, 15) is 5.11 Å². The lowest BCUT2D eigenvalue weighted by atomic mass is 9.78. The van der Waals surface area contributed by atoms with Gasteiger partial charge in [-0.2, -0.15) is 0 Å². The fourth-order valence-corrected chi connectivity index (χ4v) is 3.68. The van der Waals surface area contributed by atoms with Crippen LogP contribution in [0, 0.1) is 31.1 Å². The lowest BCUT2D eigenvalue weighted by Crippen LogP contribution is -2.26. The molecule has 2 unspecified atom stereocenters. The van der Waals surface area contributed by atoms with Crippen molar-refractivity contribution >= 4 is 0 Å². The summed E-state index contributed by atoms with van der Waals surface area (Å²) in [5, 5.41) is 9.74. The zero-order valence-electron chi connectivity index (χ0n) is 10.9. The van der Waals surface area contributed by atoms with Crippen molar-refractivity contribution in [1.82, 2.24) is 0 Å². The third kappa shape index (κ3) is 2.01. The maximum atomic E-state index is 9.74. The fourth-order valence-electron chi connectivity index (χ4n) is 3.68. The van der Waals surface area contributed by atoms with Crippen LogP contribution in [-0.4, -0.2) is 11.7 Å². The van der Waals surface area contributed by atoms with E-state index in [-0.39, 0.29) is 5.41 Å². The van der Waals surface area contributed by atoms with E-state index in [2.05, 4.69) is 32.0 Å². The van der Waals surface area contributed by atoms with E-state index >= 15 is 0 Å². The zero-order chi connectivity index (χ0) is 12.0. The molecule has 2 atom stereocenters. The fraction of sp³-hybridized carbons (Fsp3) is 0.625. The van der Waals surface area contributed by atoms with Crippen LogP contribution in [0.5, 0.6) is 0 Å². The van der Waals surface area contributed by atoms with Crippen LogP contribution in [0.1, 0.15) is 36.0 Å². The summed E-state index contributed by atoms with van der Waals surface area (Å²) in [7, 11) is 0. The monoisotopic (exact) mass is 230 g/mol. The Hall–Kier alpha value is -0.820. The Kier molecular flexibility index (Phi) is 2.55. The van der Waals surface area contributed by atoms with Gasteiger partial charge in [0.1, 0.15) is 0 Å². The van der Waals surface area contributed by atoms with Gasteiger partial charge in [-0.25, -0.2) is 0 Å². The quantitative estimate of drug-likeness (QED) is 0.845. The number of aliphatic hydroxyl groups is 1. The summed E-state index contributed by atoms with van der Waals surface area (Å²) in [5.41, 5.74) is 4.35. The predicted octanol–water partition coefficient (Wildman–Crippen LogP) is 3.25. The Morgan fingerprint density at radius 1 is 1.18 bits per heavy atom. The van der Waals surface area contributed by atoms with Crippen LogP contribution in [0.25, 0.3) is 0 Å². The Morgan fingerprint density at radius 2 is 1.88 bits per heavy atom. The molecule has 0 aromatic heterocycles. The van der Waals surface area contributed by atoms with Gasteiger partial charge in [-0.05, 0) is 73.5 Å². The molecule has 0 heterocycles. The molecule has 2 saturated carbocycles. The molecular formula is C16H22O. The molecule has 0 saturated heterocycles. The van der Waals surface area contributed by atoms with Crippen LogP contribution in [0.3, 0.4) is 0 Å². The highest BCUT2D eigenvalue weighted by atomic mass is 16.3. The molecule has 2 aliphatic carbocycles. The van der Waals surface area contributed by atoms with Gasteiger partial charge in [0.2, 0.25) is 0 Å². The molecule has 17 heavy (non-hydrogen) atoms. The first-order chi connectivity index (χ1) is 8.12. The average Bonchev–Trinajstić information content (AvgIpc) is 2.93. The summed E-state index contributed by atoms with van der Waals surface area (Å²) in [5.74, 6) is 1.88. The SMILES string of the molecule is Cc1ccc(CC2(CO)CC3CC3C2)cc1C. The molecule has 0 spiro atoms. The van der Waals surface area contributed by atoms with Crippen molar-refractivity contribution in [3.05, 3.63) is 34.9 Å². The number of hydrogen-bond acceptors (Lipinski definition) is 1. The van der Waals surface area contributed by atoms with Gasteiger partial charge in [-0.3, -0.25) is 0 Å². The van der Waals surface area contributed by atoms with Gasteiger partial charge in [0.25, 0.3) is 0 Å². The van der Waals surface area contributed by atoms with Gasteiger partial charge in [-0.1, -0.05) is 18.2 Å². The zero-order valence-corrected chi connectivity index (χ0v) is 10.9. The molecular weight excluding hydrogens is 208 g/mol. The number of rotatable bonds is 3. The minimum Gasteiger partial charge on any atom is -0.396 e. The van der Waals surface area contributed by atoms with Crippen LogP contribution < -0.4 is 0 Å². The van der Waals surface area contributed by atoms with Gasteiger partial charge in [0.05, 0.1) is 0 Å². The van der Waals surface area contributed by atoms with Crippen LogP contribution >= 0.6 is 0 Å². The summed E-state index contributed by atoms with van der Waals surface area (Å²) >= 11 is 0. The van der Waals surface area contributed by atoms with Crippen molar-refractivity contribution in [2.45, 2.75) is 39.5 Å².